The summed E-state index contributed by atoms with van der Waals surface area (Å²) in [5.74, 6) is -2.06. The van der Waals surface area contributed by atoms with Crippen molar-refractivity contribution in [3.8, 4) is 0 Å². The van der Waals surface area contributed by atoms with E-state index >= 15 is 0 Å². The van der Waals surface area contributed by atoms with Crippen LogP contribution in [0.5, 0.6) is 0 Å². The number of aromatic nitrogens is 3. The summed E-state index contributed by atoms with van der Waals surface area (Å²) < 4.78 is 49.6. The zero-order valence-electron chi connectivity index (χ0n) is 21.4. The maximum Gasteiger partial charge on any atom is 0.413 e. The molecular formula is C25H28ClF3N6O4. The highest BCUT2D eigenvalue weighted by molar-refractivity contribution is 6.29. The number of nitrogens with one attached hydrogen (secondary N) is 1. The monoisotopic (exact) mass is 568 g/mol. The van der Waals surface area contributed by atoms with Crippen molar-refractivity contribution >= 4 is 40.4 Å². The van der Waals surface area contributed by atoms with Gasteiger partial charge in [0.25, 0.3) is 0 Å². The minimum atomic E-state index is -4.74. The van der Waals surface area contributed by atoms with Crippen LogP contribution in [-0.2, 0) is 14.3 Å². The highest BCUT2D eigenvalue weighted by atomic mass is 35.5. The topological polar surface area (TPSA) is 112 Å². The minimum Gasteiger partial charge on any atom is -0.387 e. The minimum absolute atomic E-state index is 0.0294. The van der Waals surface area contributed by atoms with Crippen molar-refractivity contribution in [1.82, 2.24) is 24.4 Å². The van der Waals surface area contributed by atoms with E-state index in [9.17, 15) is 22.8 Å². The second-order valence-electron chi connectivity index (χ2n) is 9.31. The molecule has 0 saturated carbocycles. The van der Waals surface area contributed by atoms with Gasteiger partial charge in [-0.05, 0) is 31.0 Å². The van der Waals surface area contributed by atoms with Gasteiger partial charge < -0.3 is 25.0 Å². The van der Waals surface area contributed by atoms with Crippen molar-refractivity contribution in [3.63, 3.8) is 0 Å². The van der Waals surface area contributed by atoms with Crippen molar-refractivity contribution < 1.29 is 32.6 Å². The smallest absolute Gasteiger partial charge is 0.387 e. The first-order chi connectivity index (χ1) is 18.4. The average Bonchev–Trinajstić information content (AvgIpc) is 3.54. The summed E-state index contributed by atoms with van der Waals surface area (Å²) in [4.78, 5) is 30.9. The number of halogens is 4. The number of hydrogen-bond donors (Lipinski definition) is 2. The average molecular weight is 569 g/mol. The molecule has 3 aromatic rings. The number of amides is 2. The molecule has 2 aromatic heterocycles. The molecular weight excluding hydrogens is 541 g/mol. The Bertz CT molecular complexity index is 1350. The first-order valence-corrected chi connectivity index (χ1v) is 12.5. The number of hydrogen-bond acceptors (Lipinski definition) is 7. The van der Waals surface area contributed by atoms with Crippen molar-refractivity contribution in [2.45, 2.75) is 31.7 Å². The van der Waals surface area contributed by atoms with Crippen LogP contribution < -0.4 is 5.32 Å². The van der Waals surface area contributed by atoms with Crippen LogP contribution in [0.2, 0.25) is 5.15 Å². The number of aliphatic hydroxyl groups is 1. The number of alkyl halides is 3. The first-order valence-electron chi connectivity index (χ1n) is 12.1. The van der Waals surface area contributed by atoms with Crippen LogP contribution >= 0.6 is 11.6 Å². The number of carbonyl (C=O) groups excluding carboxylic acids is 2. The maximum atomic E-state index is 14.2. The van der Waals surface area contributed by atoms with Crippen LogP contribution in [0.1, 0.15) is 36.6 Å². The third kappa shape index (κ3) is 5.94. The summed E-state index contributed by atoms with van der Waals surface area (Å²) in [6.07, 6.45) is -1.83. The van der Waals surface area contributed by atoms with E-state index in [0.717, 1.165) is 7.05 Å². The Kier molecular flexibility index (Phi) is 8.33. The predicted molar refractivity (Wildman–Crippen MR) is 136 cm³/mol. The normalized spacial score (nSPS) is 17.3. The molecule has 210 valence electrons. The van der Waals surface area contributed by atoms with Crippen LogP contribution in [0, 0.1) is 5.92 Å². The van der Waals surface area contributed by atoms with Crippen LogP contribution in [0.4, 0.5) is 24.5 Å². The first kappa shape index (κ1) is 28.6. The van der Waals surface area contributed by atoms with Gasteiger partial charge in [-0.2, -0.15) is 18.3 Å². The third-order valence-corrected chi connectivity index (χ3v) is 7.02. The molecule has 1 aromatic carbocycles. The fraction of sp³-hybridized carbons (Fsp3) is 0.440. The van der Waals surface area contributed by atoms with Gasteiger partial charge in [0.1, 0.15) is 11.8 Å². The number of aliphatic hydroxyl groups excluding tert-OH is 1. The molecule has 39 heavy (non-hydrogen) atoms. The van der Waals surface area contributed by atoms with Gasteiger partial charge in [-0.25, -0.2) is 9.50 Å². The molecule has 0 unspecified atom stereocenters. The summed E-state index contributed by atoms with van der Waals surface area (Å²) >= 11 is 6.04. The number of carbonyl (C=O) groups is 2. The molecule has 3 heterocycles. The van der Waals surface area contributed by atoms with E-state index in [0.29, 0.717) is 27.5 Å². The van der Waals surface area contributed by atoms with E-state index in [1.807, 2.05) is 6.92 Å². The Labute approximate surface area is 227 Å². The van der Waals surface area contributed by atoms with Crippen LogP contribution in [0.25, 0.3) is 5.65 Å². The highest BCUT2D eigenvalue weighted by Gasteiger charge is 2.47. The zero-order chi connectivity index (χ0) is 28.5. The van der Waals surface area contributed by atoms with Gasteiger partial charge in [0.05, 0.1) is 35.7 Å². The molecule has 1 aliphatic heterocycles. The lowest BCUT2D eigenvalue weighted by molar-refractivity contribution is -0.190. The number of rotatable bonds is 8. The van der Waals surface area contributed by atoms with Crippen molar-refractivity contribution in [2.24, 2.45) is 5.92 Å². The Morgan fingerprint density at radius 3 is 2.62 bits per heavy atom. The second kappa shape index (κ2) is 11.4. The molecule has 1 aliphatic rings. The van der Waals surface area contributed by atoms with Gasteiger partial charge in [-0.1, -0.05) is 23.7 Å². The van der Waals surface area contributed by atoms with E-state index < -0.39 is 42.7 Å². The number of methoxy groups -OCH3 is 1. The Hall–Kier alpha value is -3.42. The fourth-order valence-electron chi connectivity index (χ4n) is 4.78. The van der Waals surface area contributed by atoms with E-state index in [2.05, 4.69) is 15.4 Å². The van der Waals surface area contributed by atoms with E-state index in [-0.39, 0.29) is 30.2 Å². The van der Waals surface area contributed by atoms with E-state index in [1.54, 1.807) is 12.4 Å². The highest BCUT2D eigenvalue weighted by Crippen LogP contribution is 2.39. The molecule has 14 heteroatoms. The predicted octanol–water partition coefficient (Wildman–Crippen LogP) is 3.74. The lowest BCUT2D eigenvalue weighted by atomic mass is 10.0. The van der Waals surface area contributed by atoms with Gasteiger partial charge in [-0.15, -0.1) is 0 Å². The van der Waals surface area contributed by atoms with E-state index in [4.69, 9.17) is 21.4 Å². The molecule has 0 bridgehead atoms. The molecule has 0 aliphatic carbocycles. The molecule has 0 radical (unpaired) electrons. The molecule has 2 N–H and O–H groups in total. The molecule has 1 fully saturated rings. The third-order valence-electron chi connectivity index (χ3n) is 6.84. The van der Waals surface area contributed by atoms with Crippen LogP contribution in [-0.4, -0.2) is 81.3 Å². The summed E-state index contributed by atoms with van der Waals surface area (Å²) in [5, 5.41) is 16.7. The lowest BCUT2D eigenvalue weighted by Gasteiger charge is -2.32. The number of likely N-dealkylation sites (tertiary alicyclic amines) is 1. The number of benzene rings is 1. The van der Waals surface area contributed by atoms with E-state index in [1.165, 1.54) is 40.8 Å². The van der Waals surface area contributed by atoms with Gasteiger partial charge >= 0.3 is 6.18 Å². The standard InChI is InChI=1S/C25H28ClF3N6O4/c1-14(39-3)21-18(10-30-35-12-19(26)32-23(21)35)31-17-6-4-15(5-7-17)22(25(27,28)29)33(2)24(38)16-8-9-34(11-16)20(37)13-36/h4-7,10,12,14,16,22,31,36H,8-9,11,13H2,1-3H3/t14-,16+,22-/m0/s1. The van der Waals surface area contributed by atoms with Crippen LogP contribution in [0.3, 0.4) is 0 Å². The van der Waals surface area contributed by atoms with Gasteiger partial charge in [0.15, 0.2) is 11.7 Å². The summed E-state index contributed by atoms with van der Waals surface area (Å²) in [5.41, 5.74) is 2.03. The SMILES string of the molecule is CO[C@@H](C)c1c(Nc2ccc([C@H](N(C)C(=O)[C@@H]3CCN(C(=O)CO)C3)C(F)(F)F)cc2)cnn2cc(Cl)nc12. The maximum absolute atomic E-state index is 14.2. The van der Waals surface area contributed by atoms with Gasteiger partial charge in [-0.3, -0.25) is 9.59 Å². The summed E-state index contributed by atoms with van der Waals surface area (Å²) in [6, 6.07) is 3.38. The fourth-order valence-corrected chi connectivity index (χ4v) is 4.96. The van der Waals surface area contributed by atoms with Gasteiger partial charge in [0.2, 0.25) is 11.8 Å². The van der Waals surface area contributed by atoms with Crippen molar-refractivity contribution in [1.29, 1.82) is 0 Å². The molecule has 1 saturated heterocycles. The molecule has 4 rings (SSSR count). The zero-order valence-corrected chi connectivity index (χ0v) is 22.2. The number of anilines is 2. The second-order valence-corrected chi connectivity index (χ2v) is 9.69. The largest absolute Gasteiger partial charge is 0.413 e. The summed E-state index contributed by atoms with van der Waals surface area (Å²) in [6.45, 7) is 1.28. The molecule has 2 amide bonds. The Morgan fingerprint density at radius 1 is 1.31 bits per heavy atom. The number of fused-ring (bicyclic) bond motifs is 1. The molecule has 3 atom stereocenters. The van der Waals surface area contributed by atoms with Crippen molar-refractivity contribution in [2.75, 3.05) is 39.2 Å². The van der Waals surface area contributed by atoms with Crippen molar-refractivity contribution in [3.05, 3.63) is 52.9 Å². The van der Waals surface area contributed by atoms with Crippen LogP contribution in [0.15, 0.2) is 36.7 Å². The van der Waals surface area contributed by atoms with Gasteiger partial charge in [0, 0.05) is 32.9 Å². The summed E-state index contributed by atoms with van der Waals surface area (Å²) in [7, 11) is 2.64. The molecule has 10 nitrogen and oxygen atoms in total. The number of nitrogens with zero attached hydrogens (tertiary/aromatic N) is 5. The number of imidazole rings is 1. The quantitative estimate of drug-likeness (QED) is 0.426. The Balaban J connectivity index is 1.57. The lowest BCUT2D eigenvalue weighted by Crippen LogP contribution is -2.43. The molecule has 0 spiro atoms. The Morgan fingerprint density at radius 2 is 2.00 bits per heavy atom. The number of ether oxygens (including phenoxy) is 1.